The highest BCUT2D eigenvalue weighted by Crippen LogP contribution is 2.24. The summed E-state index contributed by atoms with van der Waals surface area (Å²) in [5.41, 5.74) is 0.807. The number of rotatable bonds is 2. The van der Waals surface area contributed by atoms with Gasteiger partial charge in [0.2, 0.25) is 0 Å². The van der Waals surface area contributed by atoms with Crippen LogP contribution in [0.5, 0.6) is 11.5 Å². The first kappa shape index (κ1) is 9.71. The van der Waals surface area contributed by atoms with Crippen LogP contribution in [0.3, 0.4) is 0 Å². The Hall–Kier alpha value is -1.83. The van der Waals surface area contributed by atoms with Gasteiger partial charge in [-0.15, -0.1) is 0 Å². The predicted molar refractivity (Wildman–Crippen MR) is 57.4 cm³/mol. The van der Waals surface area contributed by atoms with Crippen LogP contribution in [0.25, 0.3) is 0 Å². The molecule has 0 amide bonds. The molecule has 2 aromatic carbocycles. The van der Waals surface area contributed by atoms with Crippen molar-refractivity contribution in [2.75, 3.05) is 0 Å². The molecule has 0 N–H and O–H groups in total. The van der Waals surface area contributed by atoms with Crippen molar-refractivity contribution >= 4 is 0 Å². The Balaban J connectivity index is 2.22. The lowest BCUT2D eigenvalue weighted by Crippen LogP contribution is -1.86. The van der Waals surface area contributed by atoms with Gasteiger partial charge in [-0.25, -0.2) is 4.39 Å². The normalized spacial score (nSPS) is 10.0. The van der Waals surface area contributed by atoms with Gasteiger partial charge in [0.1, 0.15) is 17.3 Å². The van der Waals surface area contributed by atoms with Gasteiger partial charge in [0.25, 0.3) is 0 Å². The highest BCUT2D eigenvalue weighted by molar-refractivity contribution is 5.39. The molecule has 15 heavy (non-hydrogen) atoms. The maximum absolute atomic E-state index is 12.6. The third-order valence-corrected chi connectivity index (χ3v) is 2.01. The van der Waals surface area contributed by atoms with Crippen LogP contribution in [-0.2, 0) is 0 Å². The molecule has 0 saturated carbocycles. The van der Waals surface area contributed by atoms with Crippen molar-refractivity contribution in [1.82, 2.24) is 0 Å². The Morgan fingerprint density at radius 3 is 2.27 bits per heavy atom. The van der Waals surface area contributed by atoms with Gasteiger partial charge in [-0.3, -0.25) is 0 Å². The molecule has 75 valence electrons. The Bertz CT molecular complexity index is 448. The number of benzene rings is 2. The molecule has 0 atom stereocenters. The van der Waals surface area contributed by atoms with E-state index in [9.17, 15) is 4.39 Å². The number of hydrogen-bond donors (Lipinski definition) is 0. The standard InChI is InChI=1S/C13H10FO/c1-10-4-2-3-5-13(10)15-12-8-6-11(14)7-9-12/h2-9H,1H2. The third-order valence-electron chi connectivity index (χ3n) is 2.01. The van der Waals surface area contributed by atoms with Gasteiger partial charge in [0, 0.05) is 0 Å². The minimum Gasteiger partial charge on any atom is -0.457 e. The summed E-state index contributed by atoms with van der Waals surface area (Å²) in [5.74, 6) is 1.02. The Labute approximate surface area is 88.1 Å². The van der Waals surface area contributed by atoms with E-state index in [2.05, 4.69) is 6.92 Å². The smallest absolute Gasteiger partial charge is 0.130 e. The molecular weight excluding hydrogens is 191 g/mol. The van der Waals surface area contributed by atoms with Crippen molar-refractivity contribution < 1.29 is 9.13 Å². The monoisotopic (exact) mass is 201 g/mol. The van der Waals surface area contributed by atoms with E-state index in [1.54, 1.807) is 12.1 Å². The van der Waals surface area contributed by atoms with E-state index in [0.717, 1.165) is 5.56 Å². The fourth-order valence-electron chi connectivity index (χ4n) is 1.23. The first-order valence-corrected chi connectivity index (χ1v) is 4.60. The highest BCUT2D eigenvalue weighted by atomic mass is 19.1. The third kappa shape index (κ3) is 2.34. The summed E-state index contributed by atoms with van der Waals surface area (Å²) < 4.78 is 18.2. The van der Waals surface area contributed by atoms with E-state index >= 15 is 0 Å². The molecule has 0 aromatic heterocycles. The molecule has 0 aliphatic heterocycles. The lowest BCUT2D eigenvalue weighted by atomic mass is 10.2. The number of halogens is 1. The Morgan fingerprint density at radius 2 is 1.60 bits per heavy atom. The molecule has 0 aliphatic rings. The minimum atomic E-state index is -0.273. The summed E-state index contributed by atoms with van der Waals surface area (Å²) in [6.07, 6.45) is 0. The van der Waals surface area contributed by atoms with Crippen molar-refractivity contribution in [1.29, 1.82) is 0 Å². The zero-order valence-electron chi connectivity index (χ0n) is 8.11. The molecule has 1 radical (unpaired) electrons. The second kappa shape index (κ2) is 4.13. The van der Waals surface area contributed by atoms with Gasteiger partial charge in [0.05, 0.1) is 0 Å². The fraction of sp³-hybridized carbons (Fsp3) is 0. The first-order chi connectivity index (χ1) is 7.25. The van der Waals surface area contributed by atoms with Crippen molar-refractivity contribution in [3.05, 3.63) is 66.8 Å². The minimum absolute atomic E-state index is 0.273. The van der Waals surface area contributed by atoms with Crippen molar-refractivity contribution in [3.63, 3.8) is 0 Å². The van der Waals surface area contributed by atoms with Crippen LogP contribution in [0.1, 0.15) is 5.56 Å². The van der Waals surface area contributed by atoms with Crippen LogP contribution in [0.4, 0.5) is 4.39 Å². The van der Waals surface area contributed by atoms with Gasteiger partial charge in [-0.05, 0) is 42.8 Å². The quantitative estimate of drug-likeness (QED) is 0.718. The van der Waals surface area contributed by atoms with Gasteiger partial charge in [-0.1, -0.05) is 18.2 Å². The molecule has 0 bridgehead atoms. The lowest BCUT2D eigenvalue weighted by molar-refractivity contribution is 0.478. The summed E-state index contributed by atoms with van der Waals surface area (Å²) >= 11 is 0. The molecular formula is C13H10FO. The molecule has 0 spiro atoms. The van der Waals surface area contributed by atoms with Crippen LogP contribution >= 0.6 is 0 Å². The number of para-hydroxylation sites is 1. The van der Waals surface area contributed by atoms with Crippen LogP contribution in [-0.4, -0.2) is 0 Å². The lowest BCUT2D eigenvalue weighted by Gasteiger charge is -2.07. The molecule has 2 rings (SSSR count). The Kier molecular flexibility index (Phi) is 2.68. The molecule has 0 aliphatic carbocycles. The fourth-order valence-corrected chi connectivity index (χ4v) is 1.23. The van der Waals surface area contributed by atoms with Crippen LogP contribution in [0.15, 0.2) is 48.5 Å². The average molecular weight is 201 g/mol. The topological polar surface area (TPSA) is 9.23 Å². The molecule has 0 unspecified atom stereocenters. The number of ether oxygens (including phenoxy) is 1. The highest BCUT2D eigenvalue weighted by Gasteiger charge is 1.99. The maximum atomic E-state index is 12.6. The van der Waals surface area contributed by atoms with Crippen LogP contribution in [0.2, 0.25) is 0 Å². The first-order valence-electron chi connectivity index (χ1n) is 4.60. The average Bonchev–Trinajstić information content (AvgIpc) is 2.25. The zero-order chi connectivity index (χ0) is 10.7. The predicted octanol–water partition coefficient (Wildman–Crippen LogP) is 3.80. The van der Waals surface area contributed by atoms with E-state index in [1.807, 2.05) is 24.3 Å². The SMILES string of the molecule is [CH2]c1ccccc1Oc1ccc(F)cc1. The molecule has 0 heterocycles. The summed E-state index contributed by atoms with van der Waals surface area (Å²) in [5, 5.41) is 0. The summed E-state index contributed by atoms with van der Waals surface area (Å²) in [6.45, 7) is 3.84. The van der Waals surface area contributed by atoms with Gasteiger partial charge in [-0.2, -0.15) is 0 Å². The van der Waals surface area contributed by atoms with Gasteiger partial charge in [0.15, 0.2) is 0 Å². The largest absolute Gasteiger partial charge is 0.457 e. The molecule has 1 nitrogen and oxygen atoms in total. The van der Waals surface area contributed by atoms with Gasteiger partial charge < -0.3 is 4.74 Å². The summed E-state index contributed by atoms with van der Waals surface area (Å²) in [4.78, 5) is 0. The molecule has 0 fully saturated rings. The molecule has 2 aromatic rings. The zero-order valence-corrected chi connectivity index (χ0v) is 8.11. The van der Waals surface area contributed by atoms with Gasteiger partial charge >= 0.3 is 0 Å². The maximum Gasteiger partial charge on any atom is 0.130 e. The van der Waals surface area contributed by atoms with E-state index in [0.29, 0.717) is 11.5 Å². The number of hydrogen-bond acceptors (Lipinski definition) is 1. The van der Waals surface area contributed by atoms with E-state index in [4.69, 9.17) is 4.74 Å². The van der Waals surface area contributed by atoms with Crippen molar-refractivity contribution in [2.45, 2.75) is 0 Å². The van der Waals surface area contributed by atoms with E-state index in [1.165, 1.54) is 12.1 Å². The summed E-state index contributed by atoms with van der Waals surface area (Å²) in [7, 11) is 0. The van der Waals surface area contributed by atoms with E-state index < -0.39 is 0 Å². The van der Waals surface area contributed by atoms with E-state index in [-0.39, 0.29) is 5.82 Å². The van der Waals surface area contributed by atoms with Crippen molar-refractivity contribution in [3.8, 4) is 11.5 Å². The Morgan fingerprint density at radius 1 is 0.933 bits per heavy atom. The van der Waals surface area contributed by atoms with Crippen LogP contribution < -0.4 is 4.74 Å². The second-order valence-electron chi connectivity index (χ2n) is 3.16. The van der Waals surface area contributed by atoms with Crippen molar-refractivity contribution in [2.24, 2.45) is 0 Å². The molecule has 0 saturated heterocycles. The van der Waals surface area contributed by atoms with Crippen LogP contribution in [0, 0.1) is 12.7 Å². The second-order valence-corrected chi connectivity index (χ2v) is 3.16. The molecule has 2 heteroatoms. The summed E-state index contributed by atoms with van der Waals surface area (Å²) in [6, 6.07) is 13.3.